The number of aromatic nitrogens is 2. The summed E-state index contributed by atoms with van der Waals surface area (Å²) >= 11 is 3.32. The van der Waals surface area contributed by atoms with E-state index < -0.39 is 10.0 Å². The first-order valence-corrected chi connectivity index (χ1v) is 11.3. The van der Waals surface area contributed by atoms with E-state index in [9.17, 15) is 12.8 Å². The van der Waals surface area contributed by atoms with Gasteiger partial charge in [0.2, 0.25) is 10.0 Å². The fraction of sp³-hybridized carbons (Fsp3) is 0.200. The highest BCUT2D eigenvalue weighted by molar-refractivity contribution is 9.10. The molecule has 2 heterocycles. The van der Waals surface area contributed by atoms with Crippen molar-refractivity contribution in [2.75, 3.05) is 31.1 Å². The van der Waals surface area contributed by atoms with Crippen LogP contribution in [0.5, 0.6) is 0 Å². The number of hydrogen-bond donors (Lipinski definition) is 0. The van der Waals surface area contributed by atoms with Crippen LogP contribution in [-0.2, 0) is 10.0 Å². The minimum atomic E-state index is -3.51. The van der Waals surface area contributed by atoms with Crippen molar-refractivity contribution in [1.29, 1.82) is 0 Å². The second-order valence-corrected chi connectivity index (χ2v) is 9.48. The van der Waals surface area contributed by atoms with Crippen LogP contribution in [0.3, 0.4) is 0 Å². The van der Waals surface area contributed by atoms with E-state index in [1.807, 2.05) is 17.0 Å². The highest BCUT2D eigenvalue weighted by atomic mass is 79.9. The van der Waals surface area contributed by atoms with Gasteiger partial charge in [0.15, 0.2) is 5.82 Å². The van der Waals surface area contributed by atoms with Crippen molar-refractivity contribution in [1.82, 2.24) is 14.5 Å². The van der Waals surface area contributed by atoms with E-state index in [-0.39, 0.29) is 10.7 Å². The van der Waals surface area contributed by atoms with Crippen LogP contribution in [0.15, 0.2) is 70.0 Å². The van der Waals surface area contributed by atoms with Crippen LogP contribution >= 0.6 is 15.9 Å². The Bertz CT molecular complexity index is 1080. The molecule has 1 fully saturated rings. The number of hydrogen-bond acceptors (Lipinski definition) is 5. The van der Waals surface area contributed by atoms with E-state index in [1.54, 1.807) is 36.4 Å². The third-order valence-electron chi connectivity index (χ3n) is 4.80. The molecule has 4 rings (SSSR count). The number of piperazine rings is 1. The molecule has 150 valence electrons. The summed E-state index contributed by atoms with van der Waals surface area (Å²) in [5.74, 6) is 0.394. The zero-order chi connectivity index (χ0) is 20.4. The minimum Gasteiger partial charge on any atom is -0.352 e. The molecule has 0 aliphatic carbocycles. The van der Waals surface area contributed by atoms with Gasteiger partial charge in [0.1, 0.15) is 5.82 Å². The smallest absolute Gasteiger partial charge is 0.243 e. The number of halogens is 2. The molecule has 2 aromatic carbocycles. The molecule has 3 aromatic rings. The molecule has 1 aliphatic heterocycles. The Balaban J connectivity index is 1.43. The maximum atomic E-state index is 13.1. The Morgan fingerprint density at radius 3 is 2.07 bits per heavy atom. The van der Waals surface area contributed by atoms with E-state index in [2.05, 4.69) is 26.1 Å². The van der Waals surface area contributed by atoms with Gasteiger partial charge in [-0.15, -0.1) is 10.2 Å². The fourth-order valence-corrected chi connectivity index (χ4v) is 4.87. The van der Waals surface area contributed by atoms with Gasteiger partial charge in [0.25, 0.3) is 0 Å². The molecule has 0 atom stereocenters. The monoisotopic (exact) mass is 476 g/mol. The number of sulfonamides is 1. The molecule has 0 bridgehead atoms. The predicted molar refractivity (Wildman–Crippen MR) is 113 cm³/mol. The lowest BCUT2D eigenvalue weighted by molar-refractivity contribution is 0.383. The molecule has 1 aromatic heterocycles. The number of rotatable bonds is 4. The standard InChI is InChI=1S/C20H18BrFN4O2S/c21-16-3-7-18(8-4-16)29(27,28)26-13-11-25(12-14-26)20-10-9-19(23-24-20)15-1-5-17(22)6-2-15/h1-10H,11-14H2. The molecule has 0 saturated carbocycles. The first-order valence-electron chi connectivity index (χ1n) is 9.04. The Morgan fingerprint density at radius 2 is 1.48 bits per heavy atom. The van der Waals surface area contributed by atoms with Crippen LogP contribution in [-0.4, -0.2) is 49.1 Å². The van der Waals surface area contributed by atoms with Gasteiger partial charge in [-0.1, -0.05) is 15.9 Å². The molecule has 0 radical (unpaired) electrons. The topological polar surface area (TPSA) is 66.4 Å². The summed E-state index contributed by atoms with van der Waals surface area (Å²) in [6.07, 6.45) is 0. The minimum absolute atomic E-state index is 0.289. The summed E-state index contributed by atoms with van der Waals surface area (Å²) < 4.78 is 41.0. The summed E-state index contributed by atoms with van der Waals surface area (Å²) in [6.45, 7) is 1.81. The summed E-state index contributed by atoms with van der Waals surface area (Å²) in [5.41, 5.74) is 1.45. The molecular weight excluding hydrogens is 459 g/mol. The lowest BCUT2D eigenvalue weighted by Gasteiger charge is -2.34. The van der Waals surface area contributed by atoms with Crippen molar-refractivity contribution in [3.63, 3.8) is 0 Å². The van der Waals surface area contributed by atoms with Gasteiger partial charge in [0, 0.05) is 36.2 Å². The van der Waals surface area contributed by atoms with E-state index in [4.69, 9.17) is 0 Å². The Labute approximate surface area is 177 Å². The van der Waals surface area contributed by atoms with Crippen LogP contribution in [0.25, 0.3) is 11.3 Å². The quantitative estimate of drug-likeness (QED) is 0.575. The van der Waals surface area contributed by atoms with Crippen LogP contribution < -0.4 is 4.90 Å². The number of benzene rings is 2. The fourth-order valence-electron chi connectivity index (χ4n) is 3.18. The van der Waals surface area contributed by atoms with Crippen LogP contribution in [0, 0.1) is 5.82 Å². The van der Waals surface area contributed by atoms with Gasteiger partial charge in [-0.05, 0) is 60.7 Å². The van der Waals surface area contributed by atoms with Crippen LogP contribution in [0.2, 0.25) is 0 Å². The average Bonchev–Trinajstić information content (AvgIpc) is 2.75. The molecule has 0 spiro atoms. The first kappa shape index (κ1) is 19.9. The van der Waals surface area contributed by atoms with Gasteiger partial charge in [-0.25, -0.2) is 12.8 Å². The van der Waals surface area contributed by atoms with Gasteiger partial charge >= 0.3 is 0 Å². The summed E-state index contributed by atoms with van der Waals surface area (Å²) in [6, 6.07) is 16.4. The lowest BCUT2D eigenvalue weighted by Crippen LogP contribution is -2.48. The molecular formula is C20H18BrFN4O2S. The highest BCUT2D eigenvalue weighted by Gasteiger charge is 2.29. The third kappa shape index (κ3) is 4.31. The van der Waals surface area contributed by atoms with Crippen molar-refractivity contribution in [2.45, 2.75) is 4.90 Å². The molecule has 29 heavy (non-hydrogen) atoms. The molecule has 0 amide bonds. The summed E-state index contributed by atoms with van der Waals surface area (Å²) in [4.78, 5) is 2.30. The van der Waals surface area contributed by atoms with Gasteiger partial charge in [-0.2, -0.15) is 4.31 Å². The SMILES string of the molecule is O=S(=O)(c1ccc(Br)cc1)N1CCN(c2ccc(-c3ccc(F)cc3)nn2)CC1. The van der Waals surface area contributed by atoms with Crippen molar-refractivity contribution in [3.05, 3.63) is 71.0 Å². The zero-order valence-electron chi connectivity index (χ0n) is 15.4. The maximum Gasteiger partial charge on any atom is 0.243 e. The van der Waals surface area contributed by atoms with Gasteiger partial charge in [-0.3, -0.25) is 0 Å². The number of nitrogens with zero attached hydrogens (tertiary/aromatic N) is 4. The highest BCUT2D eigenvalue weighted by Crippen LogP contribution is 2.23. The van der Waals surface area contributed by atoms with Crippen LogP contribution in [0.1, 0.15) is 0 Å². The molecule has 0 unspecified atom stereocenters. The van der Waals surface area contributed by atoms with Crippen molar-refractivity contribution in [3.8, 4) is 11.3 Å². The Hall–Kier alpha value is -2.36. The molecule has 9 heteroatoms. The molecule has 0 N–H and O–H groups in total. The first-order chi connectivity index (χ1) is 13.9. The second kappa shape index (κ2) is 8.17. The van der Waals surface area contributed by atoms with E-state index in [1.165, 1.54) is 16.4 Å². The lowest BCUT2D eigenvalue weighted by atomic mass is 10.1. The third-order valence-corrected chi connectivity index (χ3v) is 7.25. The molecule has 1 aliphatic rings. The van der Waals surface area contributed by atoms with Crippen molar-refractivity contribution in [2.24, 2.45) is 0 Å². The second-order valence-electron chi connectivity index (χ2n) is 6.63. The van der Waals surface area contributed by atoms with Crippen LogP contribution in [0.4, 0.5) is 10.2 Å². The van der Waals surface area contributed by atoms with E-state index >= 15 is 0 Å². The van der Waals surface area contributed by atoms with Gasteiger partial charge < -0.3 is 4.90 Å². The van der Waals surface area contributed by atoms with Crippen molar-refractivity contribution < 1.29 is 12.8 Å². The summed E-state index contributed by atoms with van der Waals surface area (Å²) in [7, 11) is -3.51. The maximum absolute atomic E-state index is 13.1. The van der Waals surface area contributed by atoms with E-state index in [0.29, 0.717) is 37.7 Å². The largest absolute Gasteiger partial charge is 0.352 e. The number of anilines is 1. The molecule has 1 saturated heterocycles. The normalized spacial score (nSPS) is 15.4. The average molecular weight is 477 g/mol. The zero-order valence-corrected chi connectivity index (χ0v) is 17.8. The Kier molecular flexibility index (Phi) is 5.62. The molecule has 6 nitrogen and oxygen atoms in total. The summed E-state index contributed by atoms with van der Waals surface area (Å²) in [5, 5.41) is 8.49. The van der Waals surface area contributed by atoms with Crippen molar-refractivity contribution >= 4 is 31.8 Å². The Morgan fingerprint density at radius 1 is 0.828 bits per heavy atom. The van der Waals surface area contributed by atoms with E-state index in [0.717, 1.165) is 10.0 Å². The van der Waals surface area contributed by atoms with Gasteiger partial charge in [0.05, 0.1) is 10.6 Å². The predicted octanol–water partition coefficient (Wildman–Crippen LogP) is 3.56.